The predicted molar refractivity (Wildman–Crippen MR) is 84.5 cm³/mol. The topological polar surface area (TPSA) is 43.8 Å². The number of rotatable bonds is 2. The second kappa shape index (κ2) is 5.04. The van der Waals surface area contributed by atoms with Gasteiger partial charge in [-0.3, -0.25) is 4.57 Å². The lowest BCUT2D eigenvalue weighted by Crippen LogP contribution is -2.01. The molecule has 0 aliphatic rings. The first-order chi connectivity index (χ1) is 9.97. The van der Waals surface area contributed by atoms with Crippen molar-refractivity contribution in [3.63, 3.8) is 0 Å². The van der Waals surface area contributed by atoms with Gasteiger partial charge in [-0.2, -0.15) is 0 Å². The first kappa shape index (κ1) is 13.9. The first-order valence-corrected chi connectivity index (χ1v) is 7.08. The number of fused-ring (bicyclic) bond motifs is 1. The number of imidazole rings is 1. The van der Waals surface area contributed by atoms with Crippen LogP contribution in [-0.4, -0.2) is 9.55 Å². The highest BCUT2D eigenvalue weighted by atomic mass is 35.5. The summed E-state index contributed by atoms with van der Waals surface area (Å²) in [4.78, 5) is 4.21. The summed E-state index contributed by atoms with van der Waals surface area (Å²) in [6.45, 7) is 4.25. The number of hydrogen-bond acceptors (Lipinski definition) is 2. The van der Waals surface area contributed by atoms with Gasteiger partial charge < -0.3 is 5.73 Å². The van der Waals surface area contributed by atoms with Gasteiger partial charge in [0.1, 0.15) is 5.82 Å². The monoisotopic (exact) mass is 303 g/mol. The number of nitrogen functional groups attached to an aromatic ring is 1. The molecular formula is C16H15ClFN3. The number of hydrogen-bond donors (Lipinski definition) is 1. The van der Waals surface area contributed by atoms with E-state index in [0.29, 0.717) is 22.9 Å². The van der Waals surface area contributed by atoms with Gasteiger partial charge in [-0.15, -0.1) is 0 Å². The molecule has 0 atom stereocenters. The van der Waals surface area contributed by atoms with E-state index >= 15 is 0 Å². The molecule has 0 saturated carbocycles. The molecule has 108 valence electrons. The van der Waals surface area contributed by atoms with Crippen LogP contribution in [0, 0.1) is 5.82 Å². The van der Waals surface area contributed by atoms with Gasteiger partial charge in [0, 0.05) is 11.8 Å². The van der Waals surface area contributed by atoms with Crippen molar-refractivity contribution in [2.24, 2.45) is 0 Å². The van der Waals surface area contributed by atoms with Crippen molar-refractivity contribution >= 4 is 28.6 Å². The summed E-state index contributed by atoms with van der Waals surface area (Å²) in [5.41, 5.74) is 9.27. The number of nitrogens with two attached hydrogens (primary N) is 1. The van der Waals surface area contributed by atoms with E-state index in [1.54, 1.807) is 10.6 Å². The number of aromatic nitrogens is 2. The van der Waals surface area contributed by atoms with E-state index in [-0.39, 0.29) is 5.02 Å². The molecule has 0 radical (unpaired) electrons. The molecular weight excluding hydrogens is 289 g/mol. The van der Waals surface area contributed by atoms with Gasteiger partial charge in [0.15, 0.2) is 0 Å². The highest BCUT2D eigenvalue weighted by Gasteiger charge is 2.13. The van der Waals surface area contributed by atoms with Crippen molar-refractivity contribution in [3.8, 4) is 5.69 Å². The zero-order valence-corrected chi connectivity index (χ0v) is 12.5. The zero-order chi connectivity index (χ0) is 15.1. The lowest BCUT2D eigenvalue weighted by Gasteiger charge is -2.11. The second-order valence-corrected chi connectivity index (χ2v) is 5.72. The number of nitrogens with zero attached hydrogens (tertiary/aromatic N) is 2. The maximum atomic E-state index is 13.5. The third kappa shape index (κ3) is 2.36. The molecule has 5 heteroatoms. The summed E-state index contributed by atoms with van der Waals surface area (Å²) < 4.78 is 15.3. The average Bonchev–Trinajstić information content (AvgIpc) is 2.74. The molecule has 3 rings (SSSR count). The van der Waals surface area contributed by atoms with Crippen LogP contribution < -0.4 is 5.73 Å². The van der Waals surface area contributed by atoms with Crippen LogP contribution in [0.2, 0.25) is 5.02 Å². The molecule has 0 aliphatic carbocycles. The Morgan fingerprint density at radius 3 is 2.71 bits per heavy atom. The predicted octanol–water partition coefficient (Wildman–Crippen LogP) is 4.52. The van der Waals surface area contributed by atoms with Crippen LogP contribution >= 0.6 is 11.6 Å². The van der Waals surface area contributed by atoms with Gasteiger partial charge in [-0.1, -0.05) is 37.6 Å². The van der Waals surface area contributed by atoms with Gasteiger partial charge in [0.05, 0.1) is 16.1 Å². The van der Waals surface area contributed by atoms with Crippen molar-refractivity contribution in [1.82, 2.24) is 9.55 Å². The Balaban J connectivity index is 2.27. The van der Waals surface area contributed by atoms with Crippen molar-refractivity contribution in [3.05, 3.63) is 52.8 Å². The maximum Gasteiger partial charge on any atom is 0.205 e. The number of benzene rings is 2. The highest BCUT2D eigenvalue weighted by molar-refractivity contribution is 6.31. The van der Waals surface area contributed by atoms with Gasteiger partial charge >= 0.3 is 0 Å². The molecule has 0 saturated heterocycles. The van der Waals surface area contributed by atoms with Gasteiger partial charge in [0.2, 0.25) is 5.95 Å². The molecule has 2 aromatic carbocycles. The van der Waals surface area contributed by atoms with Crippen LogP contribution in [0.25, 0.3) is 16.7 Å². The van der Waals surface area contributed by atoms with Crippen LogP contribution in [0.15, 0.2) is 36.4 Å². The molecule has 21 heavy (non-hydrogen) atoms. The fraction of sp³-hybridized carbons (Fsp3) is 0.188. The van der Waals surface area contributed by atoms with Crippen molar-refractivity contribution in [1.29, 1.82) is 0 Å². The SMILES string of the molecule is CC(C)c1cccc(-n2c(N)nc3cc(F)c(Cl)cc32)c1. The smallest absolute Gasteiger partial charge is 0.205 e. The lowest BCUT2D eigenvalue weighted by molar-refractivity contribution is 0.630. The molecule has 1 aromatic heterocycles. The summed E-state index contributed by atoms with van der Waals surface area (Å²) in [6.07, 6.45) is 0. The zero-order valence-electron chi connectivity index (χ0n) is 11.8. The molecule has 0 amide bonds. The summed E-state index contributed by atoms with van der Waals surface area (Å²) in [5.74, 6) is 0.222. The quantitative estimate of drug-likeness (QED) is 0.756. The third-order valence-corrected chi connectivity index (χ3v) is 3.81. The van der Waals surface area contributed by atoms with E-state index < -0.39 is 5.82 Å². The standard InChI is InChI=1S/C16H15ClFN3/c1-9(2)10-4-3-5-11(6-10)21-15-7-12(17)13(18)8-14(15)20-16(21)19/h3-9H,1-2H3,(H2,19,20). The molecule has 0 bridgehead atoms. The molecule has 3 aromatic rings. The number of halogens is 2. The molecule has 0 aliphatic heterocycles. The molecule has 3 nitrogen and oxygen atoms in total. The molecule has 0 spiro atoms. The van der Waals surface area contributed by atoms with Gasteiger partial charge in [0.25, 0.3) is 0 Å². The Morgan fingerprint density at radius 1 is 1.24 bits per heavy atom. The Kier molecular flexibility index (Phi) is 3.33. The third-order valence-electron chi connectivity index (χ3n) is 3.52. The number of anilines is 1. The minimum absolute atomic E-state index is 0.0589. The van der Waals surface area contributed by atoms with E-state index in [9.17, 15) is 4.39 Å². The fourth-order valence-corrected chi connectivity index (χ4v) is 2.54. The Hall–Kier alpha value is -2.07. The summed E-state index contributed by atoms with van der Waals surface area (Å²) in [7, 11) is 0. The van der Waals surface area contributed by atoms with Crippen LogP contribution in [0.3, 0.4) is 0 Å². The van der Waals surface area contributed by atoms with Gasteiger partial charge in [-0.05, 0) is 29.7 Å². The summed E-state index contributed by atoms with van der Waals surface area (Å²) in [5, 5.41) is 0.0589. The second-order valence-electron chi connectivity index (χ2n) is 5.31. The first-order valence-electron chi connectivity index (χ1n) is 6.70. The summed E-state index contributed by atoms with van der Waals surface area (Å²) >= 11 is 5.88. The molecule has 0 fully saturated rings. The van der Waals surface area contributed by atoms with E-state index in [0.717, 1.165) is 5.69 Å². The van der Waals surface area contributed by atoms with E-state index in [2.05, 4.69) is 31.0 Å². The largest absolute Gasteiger partial charge is 0.369 e. The van der Waals surface area contributed by atoms with Crippen molar-refractivity contribution in [2.45, 2.75) is 19.8 Å². The molecule has 2 N–H and O–H groups in total. The average molecular weight is 304 g/mol. The maximum absolute atomic E-state index is 13.5. The normalized spacial score (nSPS) is 11.5. The Morgan fingerprint density at radius 2 is 2.00 bits per heavy atom. The van der Waals surface area contributed by atoms with Crippen molar-refractivity contribution in [2.75, 3.05) is 5.73 Å². The molecule has 0 unspecified atom stereocenters. The van der Waals surface area contributed by atoms with E-state index in [1.165, 1.54) is 11.6 Å². The Bertz CT molecular complexity index is 824. The molecule has 1 heterocycles. The minimum Gasteiger partial charge on any atom is -0.369 e. The fourth-order valence-electron chi connectivity index (χ4n) is 2.39. The highest BCUT2D eigenvalue weighted by Crippen LogP contribution is 2.28. The minimum atomic E-state index is -0.496. The summed E-state index contributed by atoms with van der Waals surface area (Å²) in [6, 6.07) is 10.9. The van der Waals surface area contributed by atoms with Crippen molar-refractivity contribution < 1.29 is 4.39 Å². The van der Waals surface area contributed by atoms with Gasteiger partial charge in [-0.25, -0.2) is 9.37 Å². The van der Waals surface area contributed by atoms with E-state index in [1.807, 2.05) is 12.1 Å². The van der Waals surface area contributed by atoms with Crippen LogP contribution in [0.4, 0.5) is 10.3 Å². The Labute approximate surface area is 127 Å². The van der Waals surface area contributed by atoms with Crippen LogP contribution in [-0.2, 0) is 0 Å². The van der Waals surface area contributed by atoms with E-state index in [4.69, 9.17) is 17.3 Å². The van der Waals surface area contributed by atoms with Crippen LogP contribution in [0.5, 0.6) is 0 Å². The van der Waals surface area contributed by atoms with Crippen LogP contribution in [0.1, 0.15) is 25.3 Å². The lowest BCUT2D eigenvalue weighted by atomic mass is 10.0.